The molecule has 0 saturated carbocycles. The Bertz CT molecular complexity index is 559. The van der Waals surface area contributed by atoms with E-state index in [2.05, 4.69) is 39.1 Å². The minimum absolute atomic E-state index is 0.305. The molecule has 3 heterocycles. The molecule has 6 heteroatoms. The summed E-state index contributed by atoms with van der Waals surface area (Å²) in [7, 11) is 0. The van der Waals surface area contributed by atoms with Crippen molar-refractivity contribution in [3.05, 3.63) is 36.4 Å². The molecule has 0 bridgehead atoms. The summed E-state index contributed by atoms with van der Waals surface area (Å²) in [4.78, 5) is 11.2. The van der Waals surface area contributed by atoms with Crippen LogP contribution in [0.3, 0.4) is 0 Å². The third-order valence-electron chi connectivity index (χ3n) is 4.37. The van der Waals surface area contributed by atoms with Crippen molar-refractivity contribution in [1.82, 2.24) is 25.1 Å². The molecule has 3 rings (SSSR count). The van der Waals surface area contributed by atoms with Crippen LogP contribution in [0.4, 0.5) is 5.95 Å². The quantitative estimate of drug-likeness (QED) is 0.884. The van der Waals surface area contributed by atoms with Crippen LogP contribution in [0.15, 0.2) is 30.9 Å². The van der Waals surface area contributed by atoms with E-state index in [1.807, 2.05) is 35.5 Å². The summed E-state index contributed by atoms with van der Waals surface area (Å²) in [6, 6.07) is 2.58. The van der Waals surface area contributed by atoms with E-state index in [0.717, 1.165) is 31.1 Å². The summed E-state index contributed by atoms with van der Waals surface area (Å²) in [6.45, 7) is 7.27. The van der Waals surface area contributed by atoms with Gasteiger partial charge in [0.1, 0.15) is 0 Å². The Balaban J connectivity index is 1.52. The zero-order valence-corrected chi connectivity index (χ0v) is 13.3. The van der Waals surface area contributed by atoms with Gasteiger partial charge >= 0.3 is 0 Å². The summed E-state index contributed by atoms with van der Waals surface area (Å²) < 4.78 is 1.98. The van der Waals surface area contributed by atoms with Crippen LogP contribution in [0.2, 0.25) is 0 Å². The predicted octanol–water partition coefficient (Wildman–Crippen LogP) is 2.01. The van der Waals surface area contributed by atoms with E-state index in [4.69, 9.17) is 0 Å². The van der Waals surface area contributed by atoms with Crippen LogP contribution in [0.25, 0.3) is 0 Å². The molecule has 1 fully saturated rings. The van der Waals surface area contributed by atoms with Crippen LogP contribution in [0.1, 0.15) is 38.3 Å². The maximum atomic E-state index is 4.49. The molecule has 1 aliphatic heterocycles. The molecule has 2 unspecified atom stereocenters. The molecule has 1 aliphatic rings. The van der Waals surface area contributed by atoms with E-state index < -0.39 is 0 Å². The Morgan fingerprint density at radius 1 is 1.18 bits per heavy atom. The summed E-state index contributed by atoms with van der Waals surface area (Å²) in [6.07, 6.45) is 10.2. The lowest BCUT2D eigenvalue weighted by molar-refractivity contribution is 0.365. The zero-order chi connectivity index (χ0) is 15.4. The highest BCUT2D eigenvalue weighted by Gasteiger charge is 2.15. The summed E-state index contributed by atoms with van der Waals surface area (Å²) in [5.41, 5.74) is 1.11. The topological polar surface area (TPSA) is 58.9 Å². The van der Waals surface area contributed by atoms with Gasteiger partial charge in [-0.05, 0) is 32.8 Å². The first-order valence-electron chi connectivity index (χ1n) is 8.02. The second-order valence-electron chi connectivity index (χ2n) is 5.98. The van der Waals surface area contributed by atoms with Crippen molar-refractivity contribution in [2.24, 2.45) is 0 Å². The molecule has 2 aromatic rings. The van der Waals surface area contributed by atoms with Gasteiger partial charge in [0.25, 0.3) is 0 Å². The highest BCUT2D eigenvalue weighted by atomic mass is 15.3. The number of nitrogens with zero attached hydrogens (tertiary/aromatic N) is 5. The fourth-order valence-electron chi connectivity index (χ4n) is 2.72. The van der Waals surface area contributed by atoms with Crippen molar-refractivity contribution in [3.8, 4) is 0 Å². The molecule has 22 heavy (non-hydrogen) atoms. The Morgan fingerprint density at radius 3 is 2.55 bits per heavy atom. The predicted molar refractivity (Wildman–Crippen MR) is 86.7 cm³/mol. The first-order chi connectivity index (χ1) is 10.7. The third kappa shape index (κ3) is 3.44. The van der Waals surface area contributed by atoms with Crippen LogP contribution in [0.5, 0.6) is 0 Å². The van der Waals surface area contributed by atoms with E-state index in [1.165, 1.54) is 12.8 Å². The summed E-state index contributed by atoms with van der Waals surface area (Å²) >= 11 is 0. The standard InChI is InChI=1S/C16H24N6/c1-13(14(2)22-9-5-6-20-22)17-10-15-11-18-16(19-12-15)21-7-3-4-8-21/h5-6,9,11-14,17H,3-4,7-8,10H2,1-2H3. The molecule has 1 N–H and O–H groups in total. The molecule has 0 spiro atoms. The van der Waals surface area contributed by atoms with Gasteiger partial charge in [0, 0.05) is 56.0 Å². The number of rotatable bonds is 6. The average Bonchev–Trinajstić information content (AvgIpc) is 3.25. The van der Waals surface area contributed by atoms with E-state index >= 15 is 0 Å². The van der Waals surface area contributed by atoms with E-state index in [1.54, 1.807) is 0 Å². The molecule has 0 radical (unpaired) electrons. The highest BCUT2D eigenvalue weighted by Crippen LogP contribution is 2.15. The van der Waals surface area contributed by atoms with Crippen LogP contribution in [-0.4, -0.2) is 38.9 Å². The summed E-state index contributed by atoms with van der Waals surface area (Å²) in [5.74, 6) is 0.860. The highest BCUT2D eigenvalue weighted by molar-refractivity contribution is 5.30. The second-order valence-corrected chi connectivity index (χ2v) is 5.98. The Kier molecular flexibility index (Phi) is 4.68. The van der Waals surface area contributed by atoms with Crippen LogP contribution in [0, 0.1) is 0 Å². The van der Waals surface area contributed by atoms with E-state index in [-0.39, 0.29) is 0 Å². The zero-order valence-electron chi connectivity index (χ0n) is 13.3. The van der Waals surface area contributed by atoms with Crippen molar-refractivity contribution >= 4 is 5.95 Å². The molecule has 2 atom stereocenters. The molecule has 0 aliphatic carbocycles. The number of aromatic nitrogens is 4. The summed E-state index contributed by atoms with van der Waals surface area (Å²) in [5, 5.41) is 7.82. The molecule has 0 aromatic carbocycles. The molecule has 6 nitrogen and oxygen atoms in total. The number of hydrogen-bond donors (Lipinski definition) is 1. The molecule has 1 saturated heterocycles. The molecule has 2 aromatic heterocycles. The Hall–Kier alpha value is -1.95. The fraction of sp³-hybridized carbons (Fsp3) is 0.562. The second kappa shape index (κ2) is 6.87. The SMILES string of the molecule is CC(NCc1cnc(N2CCCC2)nc1)C(C)n1cccn1. The van der Waals surface area contributed by atoms with Gasteiger partial charge in [-0.2, -0.15) is 5.10 Å². The van der Waals surface area contributed by atoms with Gasteiger partial charge < -0.3 is 10.2 Å². The van der Waals surface area contributed by atoms with Crippen LogP contribution < -0.4 is 10.2 Å². The van der Waals surface area contributed by atoms with Gasteiger partial charge in [-0.3, -0.25) is 4.68 Å². The van der Waals surface area contributed by atoms with Crippen molar-refractivity contribution in [2.75, 3.05) is 18.0 Å². The average molecular weight is 300 g/mol. The van der Waals surface area contributed by atoms with Crippen molar-refractivity contribution in [1.29, 1.82) is 0 Å². The normalized spacial score (nSPS) is 17.6. The maximum Gasteiger partial charge on any atom is 0.225 e. The maximum absolute atomic E-state index is 4.49. The lowest BCUT2D eigenvalue weighted by atomic mass is 10.1. The Morgan fingerprint density at radius 2 is 1.91 bits per heavy atom. The fourth-order valence-corrected chi connectivity index (χ4v) is 2.72. The van der Waals surface area contributed by atoms with Gasteiger partial charge in [0.15, 0.2) is 0 Å². The van der Waals surface area contributed by atoms with Gasteiger partial charge in [-0.25, -0.2) is 9.97 Å². The number of hydrogen-bond acceptors (Lipinski definition) is 5. The van der Waals surface area contributed by atoms with Gasteiger partial charge in [-0.1, -0.05) is 0 Å². The van der Waals surface area contributed by atoms with E-state index in [0.29, 0.717) is 12.1 Å². The molecular formula is C16H24N6. The monoisotopic (exact) mass is 300 g/mol. The lowest BCUT2D eigenvalue weighted by Gasteiger charge is -2.22. The first kappa shape index (κ1) is 15.0. The smallest absolute Gasteiger partial charge is 0.225 e. The third-order valence-corrected chi connectivity index (χ3v) is 4.37. The van der Waals surface area contributed by atoms with Gasteiger partial charge in [0.05, 0.1) is 6.04 Å². The largest absolute Gasteiger partial charge is 0.341 e. The van der Waals surface area contributed by atoms with Crippen molar-refractivity contribution < 1.29 is 0 Å². The Labute approximate surface area is 131 Å². The van der Waals surface area contributed by atoms with Crippen LogP contribution in [-0.2, 0) is 6.54 Å². The minimum Gasteiger partial charge on any atom is -0.341 e. The number of anilines is 1. The van der Waals surface area contributed by atoms with E-state index in [9.17, 15) is 0 Å². The molecular weight excluding hydrogens is 276 g/mol. The van der Waals surface area contributed by atoms with Crippen LogP contribution >= 0.6 is 0 Å². The molecule has 118 valence electrons. The van der Waals surface area contributed by atoms with Gasteiger partial charge in [0.2, 0.25) is 5.95 Å². The van der Waals surface area contributed by atoms with Gasteiger partial charge in [-0.15, -0.1) is 0 Å². The van der Waals surface area contributed by atoms with Crippen molar-refractivity contribution in [2.45, 2.75) is 45.3 Å². The lowest BCUT2D eigenvalue weighted by Crippen LogP contribution is -2.33. The number of nitrogens with one attached hydrogen (secondary N) is 1. The van der Waals surface area contributed by atoms with Crippen molar-refractivity contribution in [3.63, 3.8) is 0 Å². The first-order valence-corrected chi connectivity index (χ1v) is 8.02. The molecule has 0 amide bonds. The minimum atomic E-state index is 0.305.